The third-order valence-electron chi connectivity index (χ3n) is 9.36. The molecule has 8 heteroatoms. The first kappa shape index (κ1) is 34.4. The normalized spacial score (nSPS) is 20.5. The van der Waals surface area contributed by atoms with Crippen molar-refractivity contribution >= 4 is 29.0 Å². The van der Waals surface area contributed by atoms with Crippen molar-refractivity contribution in [2.24, 2.45) is 11.8 Å². The molecule has 0 bridgehead atoms. The summed E-state index contributed by atoms with van der Waals surface area (Å²) in [5.74, 6) is -4.08. The number of para-hydroxylation sites is 2. The molecule has 4 unspecified atom stereocenters. The smallest absolute Gasteiger partial charge is 0.235 e. The maximum absolute atomic E-state index is 14.3. The summed E-state index contributed by atoms with van der Waals surface area (Å²) in [6.45, 7) is 7.79. The maximum Gasteiger partial charge on any atom is 0.235 e. The van der Waals surface area contributed by atoms with E-state index in [1.807, 2.05) is 87.5 Å². The number of hydrogen-bond donors (Lipinski definition) is 3. The molecule has 0 aliphatic heterocycles. The predicted octanol–water partition coefficient (Wildman–Crippen LogP) is 7.02. The van der Waals surface area contributed by atoms with Gasteiger partial charge in [-0.2, -0.15) is 0 Å². The van der Waals surface area contributed by atoms with Crippen molar-refractivity contribution in [2.75, 3.05) is 17.7 Å². The Bertz CT molecular complexity index is 1800. The number of ether oxygens (including phenoxy) is 2. The molecule has 4 aromatic carbocycles. The van der Waals surface area contributed by atoms with Crippen LogP contribution in [0.1, 0.15) is 60.9 Å². The fourth-order valence-corrected chi connectivity index (χ4v) is 6.75. The molecule has 1 aliphatic rings. The second-order valence-electron chi connectivity index (χ2n) is 12.6. The second kappa shape index (κ2) is 14.9. The molecule has 1 fully saturated rings. The van der Waals surface area contributed by atoms with Gasteiger partial charge in [-0.25, -0.2) is 0 Å². The average Bonchev–Trinajstić information content (AvgIpc) is 3.07. The molecule has 0 aromatic heterocycles. The molecular weight excluding hydrogens is 604 g/mol. The van der Waals surface area contributed by atoms with Gasteiger partial charge in [0, 0.05) is 23.7 Å². The number of anilines is 2. The molecule has 2 amide bonds. The van der Waals surface area contributed by atoms with Crippen LogP contribution in [-0.2, 0) is 33.8 Å². The van der Waals surface area contributed by atoms with Crippen LogP contribution < -0.4 is 20.1 Å². The molecule has 0 heterocycles. The van der Waals surface area contributed by atoms with Crippen LogP contribution >= 0.6 is 0 Å². The van der Waals surface area contributed by atoms with E-state index in [1.165, 1.54) is 14.0 Å². The van der Waals surface area contributed by atoms with Crippen molar-refractivity contribution in [3.05, 3.63) is 119 Å². The number of aliphatic hydroxyl groups is 1. The molecule has 8 nitrogen and oxygen atoms in total. The largest absolute Gasteiger partial charge is 0.493 e. The van der Waals surface area contributed by atoms with Gasteiger partial charge in [-0.3, -0.25) is 14.4 Å². The predicted molar refractivity (Wildman–Crippen MR) is 187 cm³/mol. The summed E-state index contributed by atoms with van der Waals surface area (Å²) in [6.07, 6.45) is 0.998. The van der Waals surface area contributed by atoms with Gasteiger partial charge in [0.2, 0.25) is 11.8 Å². The number of nitrogens with one attached hydrogen (secondary N) is 2. The molecular formula is C40H44N2O6. The number of methoxy groups -OCH3 is 1. The Balaban J connectivity index is 1.58. The zero-order valence-corrected chi connectivity index (χ0v) is 28.2. The Morgan fingerprint density at radius 2 is 1.38 bits per heavy atom. The monoisotopic (exact) mass is 648 g/mol. The molecule has 48 heavy (non-hydrogen) atoms. The quantitative estimate of drug-likeness (QED) is 0.151. The minimum atomic E-state index is -1.75. The summed E-state index contributed by atoms with van der Waals surface area (Å²) in [4.78, 5) is 42.4. The summed E-state index contributed by atoms with van der Waals surface area (Å²) in [6, 6.07) is 28.0. The Morgan fingerprint density at radius 3 is 1.96 bits per heavy atom. The van der Waals surface area contributed by atoms with Crippen molar-refractivity contribution in [3.63, 3.8) is 0 Å². The lowest BCUT2D eigenvalue weighted by Crippen LogP contribution is -2.56. The minimum Gasteiger partial charge on any atom is -0.493 e. The molecule has 0 saturated heterocycles. The van der Waals surface area contributed by atoms with Crippen LogP contribution in [0.15, 0.2) is 91.0 Å². The van der Waals surface area contributed by atoms with Crippen LogP contribution in [0, 0.1) is 18.8 Å². The first-order valence-electron chi connectivity index (χ1n) is 16.5. The summed E-state index contributed by atoms with van der Waals surface area (Å²) >= 11 is 0. The van der Waals surface area contributed by atoms with Gasteiger partial charge in [-0.05, 0) is 78.8 Å². The van der Waals surface area contributed by atoms with E-state index in [2.05, 4.69) is 10.6 Å². The fraction of sp³-hybridized carbons (Fsp3) is 0.325. The lowest BCUT2D eigenvalue weighted by Gasteiger charge is -2.44. The summed E-state index contributed by atoms with van der Waals surface area (Å²) in [5, 5.41) is 17.8. The van der Waals surface area contributed by atoms with Crippen LogP contribution in [0.2, 0.25) is 0 Å². The molecule has 4 atom stereocenters. The molecule has 1 saturated carbocycles. The van der Waals surface area contributed by atoms with Crippen LogP contribution in [-0.4, -0.2) is 35.4 Å². The van der Waals surface area contributed by atoms with Crippen LogP contribution in [0.4, 0.5) is 11.4 Å². The first-order chi connectivity index (χ1) is 23.1. The number of carbonyl (C=O) groups excluding carboxylic acids is 3. The Labute approximate surface area is 282 Å². The number of hydrogen-bond acceptors (Lipinski definition) is 6. The van der Waals surface area contributed by atoms with Gasteiger partial charge in [-0.1, -0.05) is 80.6 Å². The molecule has 250 valence electrons. The fourth-order valence-electron chi connectivity index (χ4n) is 6.75. The number of aryl methyl sites for hydroxylation is 3. The first-order valence-corrected chi connectivity index (χ1v) is 16.5. The van der Waals surface area contributed by atoms with Crippen LogP contribution in [0.3, 0.4) is 0 Å². The van der Waals surface area contributed by atoms with E-state index in [9.17, 15) is 19.5 Å². The van der Waals surface area contributed by atoms with E-state index < -0.39 is 41.0 Å². The zero-order chi connectivity index (χ0) is 34.4. The summed E-state index contributed by atoms with van der Waals surface area (Å²) in [7, 11) is 1.51. The van der Waals surface area contributed by atoms with E-state index in [-0.39, 0.29) is 6.42 Å². The van der Waals surface area contributed by atoms with E-state index in [1.54, 1.807) is 24.3 Å². The SMILES string of the molecule is CCc1ccccc1NC(=O)C1C(=O)CC(C)(O)C(C(=O)Nc2ccccc2CC)C1c1ccc(OCc2ccccc2C)c(OC)c1. The highest BCUT2D eigenvalue weighted by Gasteiger charge is 2.56. The lowest BCUT2D eigenvalue weighted by atomic mass is 9.61. The van der Waals surface area contributed by atoms with Gasteiger partial charge >= 0.3 is 0 Å². The summed E-state index contributed by atoms with van der Waals surface area (Å²) in [5.41, 5.74) is 3.92. The van der Waals surface area contributed by atoms with Crippen molar-refractivity contribution in [1.82, 2.24) is 0 Å². The van der Waals surface area contributed by atoms with Gasteiger partial charge in [0.15, 0.2) is 11.5 Å². The van der Waals surface area contributed by atoms with Crippen molar-refractivity contribution < 1.29 is 29.0 Å². The van der Waals surface area contributed by atoms with E-state index in [0.29, 0.717) is 47.9 Å². The molecule has 4 aromatic rings. The number of rotatable bonds is 11. The standard InChI is InChI=1S/C40H44N2O6/c1-6-26-15-10-12-18-30(26)41-38(44)36-32(43)23-40(4,46)37(39(45)42-31-19-13-11-16-27(31)7-2)35(36)28-20-21-33(34(22-28)47-5)48-24-29-17-9-8-14-25(29)3/h8-22,35-37,46H,6-7,23-24H2,1-5H3,(H,41,44)(H,42,45). The van der Waals surface area contributed by atoms with E-state index in [4.69, 9.17) is 9.47 Å². The van der Waals surface area contributed by atoms with Gasteiger partial charge < -0.3 is 25.2 Å². The third kappa shape index (κ3) is 7.29. The highest BCUT2D eigenvalue weighted by atomic mass is 16.5. The highest BCUT2D eigenvalue weighted by molar-refractivity contribution is 6.10. The zero-order valence-electron chi connectivity index (χ0n) is 28.2. The van der Waals surface area contributed by atoms with Crippen molar-refractivity contribution in [2.45, 2.75) is 65.1 Å². The van der Waals surface area contributed by atoms with Crippen LogP contribution in [0.5, 0.6) is 11.5 Å². The average molecular weight is 649 g/mol. The Kier molecular flexibility index (Phi) is 10.6. The number of amides is 2. The maximum atomic E-state index is 14.3. The third-order valence-corrected chi connectivity index (χ3v) is 9.36. The second-order valence-corrected chi connectivity index (χ2v) is 12.6. The van der Waals surface area contributed by atoms with Gasteiger partial charge in [0.25, 0.3) is 0 Å². The molecule has 0 spiro atoms. The molecule has 1 aliphatic carbocycles. The highest BCUT2D eigenvalue weighted by Crippen LogP contribution is 2.48. The Hall–Kier alpha value is -4.95. The minimum absolute atomic E-state index is 0.308. The number of ketones is 1. The van der Waals surface area contributed by atoms with Crippen molar-refractivity contribution in [1.29, 1.82) is 0 Å². The molecule has 5 rings (SSSR count). The molecule has 3 N–H and O–H groups in total. The number of carbonyl (C=O) groups is 3. The summed E-state index contributed by atoms with van der Waals surface area (Å²) < 4.78 is 11.9. The van der Waals surface area contributed by atoms with Gasteiger partial charge in [0.1, 0.15) is 18.3 Å². The lowest BCUT2D eigenvalue weighted by molar-refractivity contribution is -0.150. The number of Topliss-reactive ketones (excluding diaryl/α,β-unsaturated/α-hetero) is 1. The van der Waals surface area contributed by atoms with E-state index in [0.717, 1.165) is 22.3 Å². The topological polar surface area (TPSA) is 114 Å². The van der Waals surface area contributed by atoms with Crippen LogP contribution in [0.25, 0.3) is 0 Å². The van der Waals surface area contributed by atoms with Gasteiger partial charge in [0.05, 0.1) is 18.6 Å². The van der Waals surface area contributed by atoms with E-state index >= 15 is 0 Å². The Morgan fingerprint density at radius 1 is 0.812 bits per heavy atom. The number of benzene rings is 4. The van der Waals surface area contributed by atoms with Crippen molar-refractivity contribution in [3.8, 4) is 11.5 Å². The van der Waals surface area contributed by atoms with Gasteiger partial charge in [-0.15, -0.1) is 0 Å². The molecule has 0 radical (unpaired) electrons.